The Labute approximate surface area is 125 Å². The third kappa shape index (κ3) is 3.38. The van der Waals surface area contributed by atoms with Crippen LogP contribution in [0.5, 0.6) is 0 Å². The second-order valence-electron chi connectivity index (χ2n) is 5.61. The van der Waals surface area contributed by atoms with E-state index in [1.54, 1.807) is 0 Å². The van der Waals surface area contributed by atoms with Crippen molar-refractivity contribution in [1.29, 1.82) is 0 Å². The van der Waals surface area contributed by atoms with Crippen LogP contribution in [-0.2, 0) is 0 Å². The second-order valence-corrected chi connectivity index (χ2v) is 5.61. The van der Waals surface area contributed by atoms with Gasteiger partial charge in [0.25, 0.3) is 0 Å². The summed E-state index contributed by atoms with van der Waals surface area (Å²) < 4.78 is 13.7. The molecule has 0 unspecified atom stereocenters. The van der Waals surface area contributed by atoms with Crippen molar-refractivity contribution >= 4 is 5.82 Å². The SMILES string of the molecule is CCNc1nc(C(C)C)nc(-c2cc(C)cc(F)c2)c1C. The Morgan fingerprint density at radius 3 is 2.43 bits per heavy atom. The largest absolute Gasteiger partial charge is 0.370 e. The van der Waals surface area contributed by atoms with Crippen LogP contribution in [-0.4, -0.2) is 16.5 Å². The minimum atomic E-state index is -0.237. The molecule has 0 aliphatic carbocycles. The molecule has 2 aromatic rings. The molecule has 0 aliphatic rings. The number of benzene rings is 1. The van der Waals surface area contributed by atoms with E-state index in [0.29, 0.717) is 0 Å². The summed E-state index contributed by atoms with van der Waals surface area (Å²) in [6.07, 6.45) is 0. The van der Waals surface area contributed by atoms with E-state index in [1.807, 2.05) is 26.8 Å². The van der Waals surface area contributed by atoms with Crippen molar-refractivity contribution in [3.63, 3.8) is 0 Å². The maximum atomic E-state index is 13.7. The summed E-state index contributed by atoms with van der Waals surface area (Å²) in [6, 6.07) is 5.01. The molecule has 0 bridgehead atoms. The van der Waals surface area contributed by atoms with Crippen LogP contribution in [0.15, 0.2) is 18.2 Å². The van der Waals surface area contributed by atoms with Crippen LogP contribution in [0.3, 0.4) is 0 Å². The van der Waals surface area contributed by atoms with Gasteiger partial charge in [0.15, 0.2) is 0 Å². The fourth-order valence-corrected chi connectivity index (χ4v) is 2.29. The molecule has 21 heavy (non-hydrogen) atoms. The van der Waals surface area contributed by atoms with E-state index in [1.165, 1.54) is 12.1 Å². The highest BCUT2D eigenvalue weighted by molar-refractivity contribution is 5.69. The molecule has 4 heteroatoms. The summed E-state index contributed by atoms with van der Waals surface area (Å²) in [5.74, 6) is 1.58. The number of anilines is 1. The molecule has 0 saturated heterocycles. The lowest BCUT2D eigenvalue weighted by molar-refractivity contribution is 0.627. The predicted molar refractivity (Wildman–Crippen MR) is 85.2 cm³/mol. The van der Waals surface area contributed by atoms with Gasteiger partial charge in [-0.3, -0.25) is 0 Å². The van der Waals surface area contributed by atoms with Gasteiger partial charge in [-0.15, -0.1) is 0 Å². The van der Waals surface area contributed by atoms with Gasteiger partial charge in [-0.1, -0.05) is 13.8 Å². The number of nitrogens with one attached hydrogen (secondary N) is 1. The van der Waals surface area contributed by atoms with Gasteiger partial charge in [0.1, 0.15) is 17.5 Å². The maximum Gasteiger partial charge on any atom is 0.133 e. The zero-order valence-corrected chi connectivity index (χ0v) is 13.3. The van der Waals surface area contributed by atoms with Crippen LogP contribution in [0.25, 0.3) is 11.3 Å². The van der Waals surface area contributed by atoms with Crippen molar-refractivity contribution in [1.82, 2.24) is 9.97 Å². The van der Waals surface area contributed by atoms with Gasteiger partial charge < -0.3 is 5.32 Å². The quantitative estimate of drug-likeness (QED) is 0.902. The number of hydrogen-bond donors (Lipinski definition) is 1. The number of halogens is 1. The normalized spacial score (nSPS) is 11.0. The average Bonchev–Trinajstić information content (AvgIpc) is 2.39. The molecule has 1 N–H and O–H groups in total. The summed E-state index contributed by atoms with van der Waals surface area (Å²) in [7, 11) is 0. The molecule has 0 aliphatic heterocycles. The minimum Gasteiger partial charge on any atom is -0.370 e. The topological polar surface area (TPSA) is 37.8 Å². The number of aromatic nitrogens is 2. The summed E-state index contributed by atoms with van der Waals surface area (Å²) >= 11 is 0. The zero-order valence-electron chi connectivity index (χ0n) is 13.3. The lowest BCUT2D eigenvalue weighted by Crippen LogP contribution is -2.09. The summed E-state index contributed by atoms with van der Waals surface area (Å²) in [6.45, 7) is 10.8. The van der Waals surface area contributed by atoms with Crippen LogP contribution >= 0.6 is 0 Å². The first-order chi connectivity index (χ1) is 9.92. The zero-order chi connectivity index (χ0) is 15.6. The smallest absolute Gasteiger partial charge is 0.133 e. The van der Waals surface area contributed by atoms with Crippen molar-refractivity contribution in [3.05, 3.63) is 41.0 Å². The first-order valence-corrected chi connectivity index (χ1v) is 7.32. The molecule has 0 atom stereocenters. The van der Waals surface area contributed by atoms with Gasteiger partial charge in [0.05, 0.1) is 5.69 Å². The van der Waals surface area contributed by atoms with Crippen LogP contribution in [0.4, 0.5) is 10.2 Å². The molecule has 0 spiro atoms. The molecular weight excluding hydrogens is 265 g/mol. The Morgan fingerprint density at radius 2 is 1.86 bits per heavy atom. The van der Waals surface area contributed by atoms with E-state index in [-0.39, 0.29) is 11.7 Å². The van der Waals surface area contributed by atoms with Gasteiger partial charge in [-0.2, -0.15) is 0 Å². The Kier molecular flexibility index (Phi) is 4.56. The van der Waals surface area contributed by atoms with Crippen LogP contribution in [0.1, 0.15) is 43.6 Å². The van der Waals surface area contributed by atoms with Gasteiger partial charge in [-0.05, 0) is 44.5 Å². The Morgan fingerprint density at radius 1 is 1.14 bits per heavy atom. The predicted octanol–water partition coefficient (Wildman–Crippen LogP) is 4.45. The van der Waals surface area contributed by atoms with Gasteiger partial charge >= 0.3 is 0 Å². The van der Waals surface area contributed by atoms with Crippen LogP contribution < -0.4 is 5.32 Å². The Balaban J connectivity index is 2.65. The Hall–Kier alpha value is -1.97. The fraction of sp³-hybridized carbons (Fsp3) is 0.412. The second kappa shape index (κ2) is 6.20. The van der Waals surface area contributed by atoms with E-state index in [4.69, 9.17) is 0 Å². The molecule has 3 nitrogen and oxygen atoms in total. The minimum absolute atomic E-state index is 0.219. The lowest BCUT2D eigenvalue weighted by Gasteiger charge is -2.15. The van der Waals surface area contributed by atoms with E-state index in [2.05, 4.69) is 29.1 Å². The van der Waals surface area contributed by atoms with Crippen molar-refractivity contribution in [2.75, 3.05) is 11.9 Å². The lowest BCUT2D eigenvalue weighted by atomic mass is 10.0. The van der Waals surface area contributed by atoms with E-state index >= 15 is 0 Å². The highest BCUT2D eigenvalue weighted by atomic mass is 19.1. The van der Waals surface area contributed by atoms with E-state index < -0.39 is 0 Å². The molecule has 1 aromatic carbocycles. The molecular formula is C17H22FN3. The highest BCUT2D eigenvalue weighted by Crippen LogP contribution is 2.28. The van der Waals surface area contributed by atoms with Crippen molar-refractivity contribution in [2.24, 2.45) is 0 Å². The van der Waals surface area contributed by atoms with Crippen LogP contribution in [0, 0.1) is 19.7 Å². The summed E-state index contributed by atoms with van der Waals surface area (Å²) in [5.41, 5.74) is 3.44. The third-order valence-electron chi connectivity index (χ3n) is 3.34. The molecule has 1 aromatic heterocycles. The number of rotatable bonds is 4. The molecule has 0 radical (unpaired) electrons. The van der Waals surface area contributed by atoms with Gasteiger partial charge in [0.2, 0.25) is 0 Å². The molecule has 2 rings (SSSR count). The molecule has 1 heterocycles. The van der Waals surface area contributed by atoms with Crippen molar-refractivity contribution in [3.8, 4) is 11.3 Å². The number of aryl methyl sites for hydroxylation is 1. The first kappa shape index (κ1) is 15.4. The molecule has 0 saturated carbocycles. The average molecular weight is 287 g/mol. The van der Waals surface area contributed by atoms with Gasteiger partial charge in [-0.25, -0.2) is 14.4 Å². The molecule has 112 valence electrons. The van der Waals surface area contributed by atoms with Gasteiger partial charge in [0, 0.05) is 23.6 Å². The standard InChI is InChI=1S/C17H22FN3/c1-6-19-17-12(5)15(20-16(21-17)10(2)3)13-7-11(4)8-14(18)9-13/h7-10H,6H2,1-5H3,(H,19,20,21). The van der Waals surface area contributed by atoms with E-state index in [9.17, 15) is 4.39 Å². The molecule has 0 fully saturated rings. The highest BCUT2D eigenvalue weighted by Gasteiger charge is 2.15. The summed E-state index contributed by atoms with van der Waals surface area (Å²) in [4.78, 5) is 9.23. The van der Waals surface area contributed by atoms with Crippen LogP contribution in [0.2, 0.25) is 0 Å². The van der Waals surface area contributed by atoms with Crippen molar-refractivity contribution in [2.45, 2.75) is 40.5 Å². The Bertz CT molecular complexity index is 630. The summed E-state index contributed by atoms with van der Waals surface area (Å²) in [5, 5.41) is 3.27. The first-order valence-electron chi connectivity index (χ1n) is 7.32. The van der Waals surface area contributed by atoms with Crippen molar-refractivity contribution < 1.29 is 4.39 Å². The van der Waals surface area contributed by atoms with E-state index in [0.717, 1.165) is 40.6 Å². The monoisotopic (exact) mass is 287 g/mol. The number of nitrogens with zero attached hydrogens (tertiary/aromatic N) is 2. The fourth-order valence-electron chi connectivity index (χ4n) is 2.29. The molecule has 0 amide bonds. The third-order valence-corrected chi connectivity index (χ3v) is 3.34. The maximum absolute atomic E-state index is 13.7. The number of hydrogen-bond acceptors (Lipinski definition) is 3.